The predicted octanol–water partition coefficient (Wildman–Crippen LogP) is 3.02. The molecular formula is C18H20N4O3. The topological polar surface area (TPSA) is 104 Å². The van der Waals surface area contributed by atoms with Crippen LogP contribution in [0.1, 0.15) is 36.1 Å². The van der Waals surface area contributed by atoms with E-state index in [9.17, 15) is 5.26 Å². The molecule has 25 heavy (non-hydrogen) atoms. The summed E-state index contributed by atoms with van der Waals surface area (Å²) in [5, 5.41) is 25.0. The van der Waals surface area contributed by atoms with Crippen molar-refractivity contribution in [3.63, 3.8) is 0 Å². The molecule has 2 N–H and O–H groups in total. The second-order valence-electron chi connectivity index (χ2n) is 5.83. The van der Waals surface area contributed by atoms with E-state index in [1.54, 1.807) is 26.4 Å². The summed E-state index contributed by atoms with van der Waals surface area (Å²) >= 11 is 0. The number of nitrogens with zero attached hydrogens (tertiary/aromatic N) is 2. The molecule has 0 aliphatic carbocycles. The highest BCUT2D eigenvalue weighted by atomic mass is 16.5. The molecule has 0 amide bonds. The largest absolute Gasteiger partial charge is 0.497 e. The third kappa shape index (κ3) is 2.80. The number of nitriles is 1. The number of aryl methyl sites for hydroxylation is 1. The van der Waals surface area contributed by atoms with Gasteiger partial charge >= 0.3 is 0 Å². The van der Waals surface area contributed by atoms with Crippen molar-refractivity contribution in [1.82, 2.24) is 10.2 Å². The smallest absolute Gasteiger partial charge is 0.243 e. The quantitative estimate of drug-likeness (QED) is 0.870. The van der Waals surface area contributed by atoms with Crippen LogP contribution in [-0.4, -0.2) is 30.3 Å². The summed E-state index contributed by atoms with van der Waals surface area (Å²) in [7, 11) is 3.17. The second-order valence-corrected chi connectivity index (χ2v) is 5.83. The Morgan fingerprint density at radius 3 is 2.80 bits per heavy atom. The maximum absolute atomic E-state index is 9.69. The average molecular weight is 340 g/mol. The highest BCUT2D eigenvalue weighted by Crippen LogP contribution is 2.46. The minimum Gasteiger partial charge on any atom is -0.497 e. The van der Waals surface area contributed by atoms with Crippen molar-refractivity contribution >= 4 is 5.90 Å². The summed E-state index contributed by atoms with van der Waals surface area (Å²) in [6.45, 7) is 2.07. The molecule has 1 aliphatic heterocycles. The molecule has 2 heterocycles. The Balaban J connectivity index is 2.24. The monoisotopic (exact) mass is 340 g/mol. The van der Waals surface area contributed by atoms with E-state index in [0.29, 0.717) is 17.4 Å². The average Bonchev–Trinajstić information content (AvgIpc) is 3.02. The first-order chi connectivity index (χ1) is 12.1. The van der Waals surface area contributed by atoms with Gasteiger partial charge in [-0.1, -0.05) is 13.3 Å². The van der Waals surface area contributed by atoms with Gasteiger partial charge in [-0.2, -0.15) is 5.26 Å². The number of aromatic nitrogens is 2. The molecule has 0 saturated carbocycles. The minimum atomic E-state index is -0.762. The Morgan fingerprint density at radius 1 is 1.36 bits per heavy atom. The Bertz CT molecular complexity index is 837. The maximum atomic E-state index is 9.69. The van der Waals surface area contributed by atoms with E-state index in [1.807, 2.05) is 6.07 Å². The van der Waals surface area contributed by atoms with E-state index in [1.165, 1.54) is 0 Å². The summed E-state index contributed by atoms with van der Waals surface area (Å²) in [5.74, 6) is 0.366. The van der Waals surface area contributed by atoms with Gasteiger partial charge < -0.3 is 14.2 Å². The summed E-state index contributed by atoms with van der Waals surface area (Å²) in [6.07, 6.45) is 1.70. The molecule has 0 radical (unpaired) electrons. The van der Waals surface area contributed by atoms with Crippen LogP contribution in [0.2, 0.25) is 0 Å². The van der Waals surface area contributed by atoms with Crippen molar-refractivity contribution in [3.8, 4) is 23.4 Å². The van der Waals surface area contributed by atoms with Crippen molar-refractivity contribution in [1.29, 1.82) is 10.7 Å². The van der Waals surface area contributed by atoms with Crippen LogP contribution in [0, 0.1) is 22.7 Å². The van der Waals surface area contributed by atoms with Gasteiger partial charge in [-0.15, -0.1) is 5.10 Å². The first-order valence-electron chi connectivity index (χ1n) is 8.09. The van der Waals surface area contributed by atoms with Gasteiger partial charge in [0, 0.05) is 22.7 Å². The molecule has 130 valence electrons. The van der Waals surface area contributed by atoms with Crippen LogP contribution >= 0.6 is 0 Å². The van der Waals surface area contributed by atoms with Crippen LogP contribution in [-0.2, 0) is 6.42 Å². The third-order valence-corrected chi connectivity index (χ3v) is 4.39. The molecule has 1 aliphatic rings. The number of ether oxygens (including phenoxy) is 3. The van der Waals surface area contributed by atoms with Gasteiger partial charge in [-0.05, 0) is 24.6 Å². The fourth-order valence-electron chi connectivity index (χ4n) is 3.24. The first-order valence-corrected chi connectivity index (χ1v) is 8.09. The Labute approximate surface area is 146 Å². The summed E-state index contributed by atoms with van der Waals surface area (Å²) < 4.78 is 16.3. The van der Waals surface area contributed by atoms with Crippen molar-refractivity contribution in [2.75, 3.05) is 14.2 Å². The number of rotatable bonds is 5. The number of fused-ring (bicyclic) bond motifs is 1. The summed E-state index contributed by atoms with van der Waals surface area (Å²) in [4.78, 5) is 0. The van der Waals surface area contributed by atoms with Gasteiger partial charge in [0.05, 0.1) is 20.3 Å². The SMILES string of the molecule is CCCc1[nH]nc2c1C(c1cc(OC)ccc1OC)C(C#N)C(=N)O2. The number of hydrogen-bond acceptors (Lipinski definition) is 6. The Morgan fingerprint density at radius 2 is 2.16 bits per heavy atom. The van der Waals surface area contributed by atoms with Crippen LogP contribution in [0.25, 0.3) is 0 Å². The van der Waals surface area contributed by atoms with E-state index in [4.69, 9.17) is 19.6 Å². The zero-order valence-electron chi connectivity index (χ0n) is 14.4. The van der Waals surface area contributed by atoms with Crippen molar-refractivity contribution in [3.05, 3.63) is 35.0 Å². The lowest BCUT2D eigenvalue weighted by molar-refractivity contribution is 0.388. The molecule has 2 unspecified atom stereocenters. The van der Waals surface area contributed by atoms with E-state index >= 15 is 0 Å². The number of hydrogen-bond donors (Lipinski definition) is 2. The summed E-state index contributed by atoms with van der Waals surface area (Å²) in [5.41, 5.74) is 2.51. The fraction of sp³-hybridized carbons (Fsp3) is 0.389. The second kappa shape index (κ2) is 6.85. The molecule has 0 spiro atoms. The highest BCUT2D eigenvalue weighted by Gasteiger charge is 2.41. The van der Waals surface area contributed by atoms with Gasteiger partial charge in [-0.3, -0.25) is 10.5 Å². The van der Waals surface area contributed by atoms with Gasteiger partial charge in [0.25, 0.3) is 0 Å². The van der Waals surface area contributed by atoms with Gasteiger partial charge in [-0.25, -0.2) is 0 Å². The molecule has 0 saturated heterocycles. The molecule has 1 aromatic heterocycles. The van der Waals surface area contributed by atoms with Crippen LogP contribution in [0.5, 0.6) is 17.4 Å². The van der Waals surface area contributed by atoms with Crippen LogP contribution < -0.4 is 14.2 Å². The van der Waals surface area contributed by atoms with Crippen molar-refractivity contribution < 1.29 is 14.2 Å². The summed E-state index contributed by atoms with van der Waals surface area (Å²) in [6, 6.07) is 7.66. The molecule has 7 heteroatoms. The van der Waals surface area contributed by atoms with Crippen LogP contribution in [0.3, 0.4) is 0 Å². The van der Waals surface area contributed by atoms with Crippen LogP contribution in [0.4, 0.5) is 0 Å². The number of aromatic amines is 1. The maximum Gasteiger partial charge on any atom is 0.243 e. The van der Waals surface area contributed by atoms with E-state index < -0.39 is 11.8 Å². The van der Waals surface area contributed by atoms with Crippen molar-refractivity contribution in [2.24, 2.45) is 5.92 Å². The molecule has 2 aromatic rings. The van der Waals surface area contributed by atoms with E-state index in [2.05, 4.69) is 23.2 Å². The zero-order chi connectivity index (χ0) is 18.0. The number of methoxy groups -OCH3 is 2. The van der Waals surface area contributed by atoms with E-state index in [-0.39, 0.29) is 5.90 Å². The molecule has 2 atom stereocenters. The molecule has 0 bridgehead atoms. The lowest BCUT2D eigenvalue weighted by Gasteiger charge is -2.29. The zero-order valence-corrected chi connectivity index (χ0v) is 14.4. The van der Waals surface area contributed by atoms with Gasteiger partial charge in [0.1, 0.15) is 17.4 Å². The lowest BCUT2D eigenvalue weighted by Crippen LogP contribution is -2.31. The third-order valence-electron chi connectivity index (χ3n) is 4.39. The minimum absolute atomic E-state index is 0.112. The lowest BCUT2D eigenvalue weighted by atomic mass is 9.78. The molecule has 0 fully saturated rings. The van der Waals surface area contributed by atoms with Gasteiger partial charge in [0.15, 0.2) is 0 Å². The number of nitrogens with one attached hydrogen (secondary N) is 2. The molecule has 1 aromatic carbocycles. The molecule has 7 nitrogen and oxygen atoms in total. The number of H-pyrrole nitrogens is 1. The van der Waals surface area contributed by atoms with Crippen LogP contribution in [0.15, 0.2) is 18.2 Å². The highest BCUT2D eigenvalue weighted by molar-refractivity contribution is 5.85. The Kier molecular flexibility index (Phi) is 4.61. The standard InChI is InChI=1S/C18H20N4O3/c1-4-5-13-16-15(11-8-10(23-2)6-7-14(11)24-3)12(9-19)17(20)25-18(16)22-21-13/h6-8,12,15,20H,4-5H2,1-3H3,(H,21,22). The fourth-order valence-corrected chi connectivity index (χ4v) is 3.24. The van der Waals surface area contributed by atoms with Crippen molar-refractivity contribution in [2.45, 2.75) is 25.7 Å². The Hall–Kier alpha value is -3.01. The molecule has 3 rings (SSSR count). The van der Waals surface area contributed by atoms with E-state index in [0.717, 1.165) is 29.7 Å². The first kappa shape index (κ1) is 16.8. The normalized spacial score (nSPS) is 18.9. The number of benzene rings is 1. The predicted molar refractivity (Wildman–Crippen MR) is 91.4 cm³/mol. The van der Waals surface area contributed by atoms with Gasteiger partial charge in [0.2, 0.25) is 11.8 Å². The molecular weight excluding hydrogens is 320 g/mol.